The number of benzene rings is 1. The summed E-state index contributed by atoms with van der Waals surface area (Å²) in [6, 6.07) is 4.48. The first-order valence-corrected chi connectivity index (χ1v) is 10.8. The van der Waals surface area contributed by atoms with Gasteiger partial charge in [0.15, 0.2) is 0 Å². The molecule has 152 valence electrons. The molecule has 1 aromatic heterocycles. The molecule has 0 amide bonds. The van der Waals surface area contributed by atoms with Gasteiger partial charge in [-0.05, 0) is 50.7 Å². The Morgan fingerprint density at radius 3 is 2.46 bits per heavy atom. The molecule has 1 aromatic carbocycles. The maximum absolute atomic E-state index is 12.3. The first-order chi connectivity index (χ1) is 13.6. The van der Waals surface area contributed by atoms with Crippen LogP contribution in [0.15, 0.2) is 16.5 Å². The molecule has 0 radical (unpaired) electrons. The third-order valence-electron chi connectivity index (χ3n) is 6.53. The topological polar surface area (TPSA) is 62.9 Å². The van der Waals surface area contributed by atoms with E-state index in [4.69, 9.17) is 9.15 Å². The van der Waals surface area contributed by atoms with Crippen LogP contribution in [0.3, 0.4) is 0 Å². The predicted octanol–water partition coefficient (Wildman–Crippen LogP) is 5.36. The maximum atomic E-state index is 12.3. The van der Waals surface area contributed by atoms with Gasteiger partial charge in [0.25, 0.3) is 0 Å². The zero-order valence-corrected chi connectivity index (χ0v) is 17.0. The van der Waals surface area contributed by atoms with E-state index < -0.39 is 5.97 Å². The highest BCUT2D eigenvalue weighted by Gasteiger charge is 2.29. The largest absolute Gasteiger partial charge is 0.478 e. The molecule has 4 rings (SSSR count). The van der Waals surface area contributed by atoms with Crippen LogP contribution in [0.2, 0.25) is 0 Å². The van der Waals surface area contributed by atoms with Crippen molar-refractivity contribution in [3.63, 3.8) is 0 Å². The number of carbonyl (C=O) groups is 1. The molecule has 0 bridgehead atoms. The maximum Gasteiger partial charge on any atom is 0.336 e. The van der Waals surface area contributed by atoms with Gasteiger partial charge in [-0.25, -0.2) is 4.79 Å². The summed E-state index contributed by atoms with van der Waals surface area (Å²) in [5.74, 6) is 0.536. The van der Waals surface area contributed by atoms with Crippen LogP contribution in [-0.4, -0.2) is 36.9 Å². The van der Waals surface area contributed by atoms with Crippen LogP contribution < -0.4 is 4.90 Å². The number of fused-ring (bicyclic) bond motifs is 1. The smallest absolute Gasteiger partial charge is 0.336 e. The summed E-state index contributed by atoms with van der Waals surface area (Å²) in [4.78, 5) is 14.7. The van der Waals surface area contributed by atoms with E-state index in [1.807, 2.05) is 13.0 Å². The summed E-state index contributed by atoms with van der Waals surface area (Å²) < 4.78 is 11.8. The number of carboxylic acid groups (broad SMARTS) is 1. The number of hydrogen-bond acceptors (Lipinski definition) is 4. The lowest BCUT2D eigenvalue weighted by atomic mass is 9.95. The van der Waals surface area contributed by atoms with E-state index >= 15 is 0 Å². The van der Waals surface area contributed by atoms with Crippen LogP contribution in [0, 0.1) is 0 Å². The summed E-state index contributed by atoms with van der Waals surface area (Å²) in [6.45, 7) is 6.57. The van der Waals surface area contributed by atoms with E-state index in [1.165, 1.54) is 12.8 Å². The van der Waals surface area contributed by atoms with Gasteiger partial charge in [0.2, 0.25) is 0 Å². The van der Waals surface area contributed by atoms with Crippen molar-refractivity contribution in [1.29, 1.82) is 0 Å². The minimum atomic E-state index is -0.856. The average molecular weight is 386 g/mol. The Labute approximate surface area is 166 Å². The van der Waals surface area contributed by atoms with Crippen LogP contribution in [0.1, 0.15) is 80.0 Å². The number of hydrogen-bond donors (Lipinski definition) is 1. The van der Waals surface area contributed by atoms with Crippen molar-refractivity contribution in [3.05, 3.63) is 29.0 Å². The third-order valence-corrected chi connectivity index (χ3v) is 6.53. The minimum Gasteiger partial charge on any atom is -0.478 e. The molecular weight excluding hydrogens is 354 g/mol. The summed E-state index contributed by atoms with van der Waals surface area (Å²) in [5.41, 5.74) is 3.09. The molecule has 2 fully saturated rings. The number of carboxylic acids is 1. The molecule has 1 saturated heterocycles. The summed E-state index contributed by atoms with van der Waals surface area (Å²) in [7, 11) is 0. The molecule has 5 heteroatoms. The minimum absolute atomic E-state index is 0.382. The Kier molecular flexibility index (Phi) is 5.63. The van der Waals surface area contributed by atoms with Gasteiger partial charge in [-0.15, -0.1) is 0 Å². The molecule has 1 saturated carbocycles. The van der Waals surface area contributed by atoms with Gasteiger partial charge in [-0.3, -0.25) is 0 Å². The monoisotopic (exact) mass is 385 g/mol. The van der Waals surface area contributed by atoms with Gasteiger partial charge in [-0.1, -0.05) is 19.8 Å². The molecule has 0 spiro atoms. The highest BCUT2D eigenvalue weighted by atomic mass is 16.5. The lowest BCUT2D eigenvalue weighted by Crippen LogP contribution is -2.40. The molecule has 5 nitrogen and oxygen atoms in total. The van der Waals surface area contributed by atoms with Crippen LogP contribution in [0.25, 0.3) is 11.0 Å². The van der Waals surface area contributed by atoms with Crippen molar-refractivity contribution in [2.75, 3.05) is 24.7 Å². The van der Waals surface area contributed by atoms with Crippen molar-refractivity contribution in [3.8, 4) is 0 Å². The lowest BCUT2D eigenvalue weighted by molar-refractivity contribution is 0.0697. The highest BCUT2D eigenvalue weighted by Crippen LogP contribution is 2.41. The van der Waals surface area contributed by atoms with E-state index in [0.29, 0.717) is 23.9 Å². The van der Waals surface area contributed by atoms with Crippen LogP contribution in [0.5, 0.6) is 0 Å². The number of anilines is 1. The fraction of sp³-hybridized carbons (Fsp3) is 0.609. The van der Waals surface area contributed by atoms with E-state index in [9.17, 15) is 9.90 Å². The van der Waals surface area contributed by atoms with Crippen molar-refractivity contribution in [2.45, 2.75) is 70.8 Å². The van der Waals surface area contributed by atoms with Crippen molar-refractivity contribution < 1.29 is 19.1 Å². The van der Waals surface area contributed by atoms with E-state index in [2.05, 4.69) is 17.9 Å². The van der Waals surface area contributed by atoms with E-state index in [0.717, 1.165) is 73.4 Å². The molecule has 2 aromatic rings. The fourth-order valence-electron chi connectivity index (χ4n) is 5.12. The standard InChI is InChI=1S/C23H31NO4/c1-3-17-19(24(4-2)16-9-11-27-12-10-16)14-21-18(22(17)23(25)26)13-20(28-21)15-7-5-6-8-15/h13-16H,3-12H2,1-2H3,(H,25,26). The molecule has 1 N–H and O–H groups in total. The second kappa shape index (κ2) is 8.16. The first kappa shape index (κ1) is 19.3. The zero-order chi connectivity index (χ0) is 19.7. The molecule has 0 atom stereocenters. The van der Waals surface area contributed by atoms with E-state index in [-0.39, 0.29) is 0 Å². The number of aromatic carboxylic acids is 1. The van der Waals surface area contributed by atoms with Gasteiger partial charge in [0, 0.05) is 48.9 Å². The van der Waals surface area contributed by atoms with Crippen LogP contribution in [0.4, 0.5) is 5.69 Å². The van der Waals surface area contributed by atoms with Gasteiger partial charge >= 0.3 is 5.97 Å². The lowest BCUT2D eigenvalue weighted by Gasteiger charge is -2.36. The van der Waals surface area contributed by atoms with Crippen molar-refractivity contribution in [2.24, 2.45) is 0 Å². The van der Waals surface area contributed by atoms with Crippen molar-refractivity contribution >= 4 is 22.6 Å². The Bertz CT molecular complexity index is 844. The molecule has 1 aliphatic heterocycles. The number of rotatable bonds is 6. The van der Waals surface area contributed by atoms with Crippen LogP contribution >= 0.6 is 0 Å². The third kappa shape index (κ3) is 3.41. The second-order valence-electron chi connectivity index (χ2n) is 8.08. The van der Waals surface area contributed by atoms with Gasteiger partial charge in [-0.2, -0.15) is 0 Å². The Hall–Kier alpha value is -2.01. The van der Waals surface area contributed by atoms with Gasteiger partial charge < -0.3 is 19.2 Å². The number of ether oxygens (including phenoxy) is 1. The Morgan fingerprint density at radius 1 is 1.14 bits per heavy atom. The number of furan rings is 1. The first-order valence-electron chi connectivity index (χ1n) is 10.8. The van der Waals surface area contributed by atoms with Crippen molar-refractivity contribution in [1.82, 2.24) is 0 Å². The summed E-state index contributed by atoms with van der Waals surface area (Å²) in [6.07, 6.45) is 7.37. The normalized spacial score (nSPS) is 18.8. The number of nitrogens with zero attached hydrogens (tertiary/aromatic N) is 1. The van der Waals surface area contributed by atoms with Gasteiger partial charge in [0.05, 0.1) is 5.56 Å². The summed E-state index contributed by atoms with van der Waals surface area (Å²) >= 11 is 0. The molecule has 0 unspecified atom stereocenters. The average Bonchev–Trinajstić information content (AvgIpc) is 3.37. The SMILES string of the molecule is CCc1c(N(CC)C2CCOCC2)cc2oc(C3CCCC3)cc2c1C(=O)O. The van der Waals surface area contributed by atoms with Crippen LogP contribution in [-0.2, 0) is 11.2 Å². The Balaban J connectivity index is 1.85. The molecule has 2 heterocycles. The molecule has 2 aliphatic rings. The Morgan fingerprint density at radius 2 is 1.86 bits per heavy atom. The van der Waals surface area contributed by atoms with E-state index in [1.54, 1.807) is 0 Å². The highest BCUT2D eigenvalue weighted by molar-refractivity contribution is 6.06. The zero-order valence-electron chi connectivity index (χ0n) is 17.0. The summed E-state index contributed by atoms with van der Waals surface area (Å²) in [5, 5.41) is 10.8. The fourth-order valence-corrected chi connectivity index (χ4v) is 5.12. The molecule has 28 heavy (non-hydrogen) atoms. The quantitative estimate of drug-likeness (QED) is 0.725. The van der Waals surface area contributed by atoms with Gasteiger partial charge in [0.1, 0.15) is 11.3 Å². The molecular formula is C23H31NO4. The second-order valence-corrected chi connectivity index (χ2v) is 8.08. The molecule has 1 aliphatic carbocycles. The predicted molar refractivity (Wildman–Crippen MR) is 111 cm³/mol.